The zero-order valence-electron chi connectivity index (χ0n) is 15.2. The first-order chi connectivity index (χ1) is 12.5. The molecule has 0 spiro atoms. The Labute approximate surface area is 155 Å². The minimum absolute atomic E-state index is 0.0691. The fourth-order valence-electron chi connectivity index (χ4n) is 3.09. The van der Waals surface area contributed by atoms with Crippen molar-refractivity contribution < 1.29 is 13.2 Å². The summed E-state index contributed by atoms with van der Waals surface area (Å²) in [5.74, 6) is 0.966. The summed E-state index contributed by atoms with van der Waals surface area (Å²) in [4.78, 5) is 4.64. The number of methoxy groups -OCH3 is 1. The van der Waals surface area contributed by atoms with Crippen LogP contribution in [0.3, 0.4) is 0 Å². The Morgan fingerprint density at radius 1 is 0.962 bits per heavy atom. The quantitative estimate of drug-likeness (QED) is 0.841. The summed E-state index contributed by atoms with van der Waals surface area (Å²) in [5, 5.41) is 0. The molecule has 0 amide bonds. The average molecular weight is 375 g/mol. The van der Waals surface area contributed by atoms with Gasteiger partial charge in [0.1, 0.15) is 5.75 Å². The Morgan fingerprint density at radius 3 is 2.19 bits per heavy atom. The molecule has 1 N–H and O–H groups in total. The zero-order valence-corrected chi connectivity index (χ0v) is 16.0. The second-order valence-electron chi connectivity index (χ2n) is 6.20. The van der Waals surface area contributed by atoms with Crippen LogP contribution in [0.5, 0.6) is 5.75 Å². The monoisotopic (exact) mass is 375 g/mol. The third-order valence-electron chi connectivity index (χ3n) is 4.59. The molecular weight excluding hydrogens is 350 g/mol. The van der Waals surface area contributed by atoms with E-state index in [2.05, 4.69) is 20.6 Å². The van der Waals surface area contributed by atoms with Gasteiger partial charge >= 0.3 is 0 Å². The third-order valence-corrected chi connectivity index (χ3v) is 5.90. The van der Waals surface area contributed by atoms with E-state index in [4.69, 9.17) is 4.74 Å². The number of ether oxygens (including phenoxy) is 1. The molecule has 6 nitrogen and oxygen atoms in total. The highest BCUT2D eigenvalue weighted by atomic mass is 32.2. The van der Waals surface area contributed by atoms with Crippen LogP contribution < -0.4 is 19.3 Å². The highest BCUT2D eigenvalue weighted by Crippen LogP contribution is 2.29. The van der Waals surface area contributed by atoms with Crippen LogP contribution in [-0.4, -0.2) is 47.5 Å². The van der Waals surface area contributed by atoms with E-state index in [1.54, 1.807) is 14.0 Å². The van der Waals surface area contributed by atoms with Crippen molar-refractivity contribution >= 4 is 27.1 Å². The molecule has 1 aliphatic rings. The van der Waals surface area contributed by atoms with Gasteiger partial charge in [0.15, 0.2) is 0 Å². The van der Waals surface area contributed by atoms with Gasteiger partial charge in [-0.15, -0.1) is 0 Å². The van der Waals surface area contributed by atoms with E-state index < -0.39 is 10.0 Å². The van der Waals surface area contributed by atoms with Crippen LogP contribution >= 0.6 is 0 Å². The normalized spacial score (nSPS) is 15.0. The Bertz CT molecular complexity index is 829. The maximum Gasteiger partial charge on any atom is 0.232 e. The summed E-state index contributed by atoms with van der Waals surface area (Å²) in [6.07, 6.45) is 0. The highest BCUT2D eigenvalue weighted by molar-refractivity contribution is 7.92. The topological polar surface area (TPSA) is 61.9 Å². The number of nitrogens with zero attached hydrogens (tertiary/aromatic N) is 2. The maximum absolute atomic E-state index is 11.6. The summed E-state index contributed by atoms with van der Waals surface area (Å²) < 4.78 is 31.3. The predicted octanol–water partition coefficient (Wildman–Crippen LogP) is 2.78. The largest absolute Gasteiger partial charge is 0.495 e. The van der Waals surface area contributed by atoms with Crippen molar-refractivity contribution in [1.82, 2.24) is 0 Å². The molecule has 0 bridgehead atoms. The van der Waals surface area contributed by atoms with Crippen LogP contribution in [0, 0.1) is 0 Å². The average Bonchev–Trinajstić information content (AvgIpc) is 2.68. The van der Waals surface area contributed by atoms with Gasteiger partial charge in [-0.05, 0) is 43.3 Å². The zero-order chi connectivity index (χ0) is 18.6. The van der Waals surface area contributed by atoms with E-state index in [0.717, 1.165) is 43.3 Å². The minimum Gasteiger partial charge on any atom is -0.495 e. The van der Waals surface area contributed by atoms with E-state index in [1.807, 2.05) is 42.5 Å². The Kier molecular flexibility index (Phi) is 5.56. The van der Waals surface area contributed by atoms with Crippen molar-refractivity contribution in [3.05, 3.63) is 48.5 Å². The highest BCUT2D eigenvalue weighted by Gasteiger charge is 2.19. The molecule has 140 valence electrons. The maximum atomic E-state index is 11.6. The molecule has 3 rings (SSSR count). The van der Waals surface area contributed by atoms with Crippen LogP contribution in [-0.2, 0) is 10.0 Å². The van der Waals surface area contributed by atoms with E-state index >= 15 is 0 Å². The third kappa shape index (κ3) is 4.22. The molecule has 7 heteroatoms. The van der Waals surface area contributed by atoms with Gasteiger partial charge in [0, 0.05) is 37.6 Å². The standard InChI is InChI=1S/C19H25N3O3S/c1-3-26(23,24)20-16-8-10-17(11-9-16)21-12-14-22(15-13-21)18-6-4-5-7-19(18)25-2/h4-11,20H,3,12-15H2,1-2H3. The number of hydrogen-bond acceptors (Lipinski definition) is 5. The van der Waals surface area contributed by atoms with Gasteiger partial charge in [-0.1, -0.05) is 12.1 Å². The molecule has 0 atom stereocenters. The second kappa shape index (κ2) is 7.86. The van der Waals surface area contributed by atoms with Crippen LogP contribution in [0.4, 0.5) is 17.1 Å². The lowest BCUT2D eigenvalue weighted by Gasteiger charge is -2.37. The summed E-state index contributed by atoms with van der Waals surface area (Å²) in [7, 11) is -1.54. The summed E-state index contributed by atoms with van der Waals surface area (Å²) in [5.41, 5.74) is 2.83. The Hall–Kier alpha value is -2.41. The van der Waals surface area contributed by atoms with Crippen LogP contribution in [0.2, 0.25) is 0 Å². The van der Waals surface area contributed by atoms with Gasteiger partial charge in [0.25, 0.3) is 0 Å². The molecule has 1 aliphatic heterocycles. The SMILES string of the molecule is CCS(=O)(=O)Nc1ccc(N2CCN(c3ccccc3OC)CC2)cc1. The van der Waals surface area contributed by atoms with Crippen molar-refractivity contribution in [2.45, 2.75) is 6.92 Å². The van der Waals surface area contributed by atoms with Crippen molar-refractivity contribution in [2.24, 2.45) is 0 Å². The second-order valence-corrected chi connectivity index (χ2v) is 8.21. The minimum atomic E-state index is -3.24. The van der Waals surface area contributed by atoms with E-state index in [1.165, 1.54) is 0 Å². The van der Waals surface area contributed by atoms with E-state index in [9.17, 15) is 8.42 Å². The molecule has 2 aromatic carbocycles. The molecule has 2 aromatic rings. The van der Waals surface area contributed by atoms with Gasteiger partial charge in [0.05, 0.1) is 18.6 Å². The fraction of sp³-hybridized carbons (Fsp3) is 0.368. The molecule has 0 unspecified atom stereocenters. The molecule has 0 aliphatic carbocycles. The molecule has 0 saturated carbocycles. The van der Waals surface area contributed by atoms with E-state index in [-0.39, 0.29) is 5.75 Å². The van der Waals surface area contributed by atoms with Crippen molar-refractivity contribution in [1.29, 1.82) is 0 Å². The van der Waals surface area contributed by atoms with Crippen LogP contribution in [0.25, 0.3) is 0 Å². The fourth-order valence-corrected chi connectivity index (χ4v) is 3.73. The Balaban J connectivity index is 1.63. The van der Waals surface area contributed by atoms with Crippen LogP contribution in [0.1, 0.15) is 6.92 Å². The number of hydrogen-bond donors (Lipinski definition) is 1. The summed E-state index contributed by atoms with van der Waals surface area (Å²) >= 11 is 0. The molecule has 1 heterocycles. The molecule has 0 radical (unpaired) electrons. The van der Waals surface area contributed by atoms with Gasteiger partial charge in [0.2, 0.25) is 10.0 Å². The summed E-state index contributed by atoms with van der Waals surface area (Å²) in [6.45, 7) is 5.24. The van der Waals surface area contributed by atoms with Crippen molar-refractivity contribution in [2.75, 3.05) is 53.6 Å². The Morgan fingerprint density at radius 2 is 1.58 bits per heavy atom. The first-order valence-corrected chi connectivity index (χ1v) is 10.4. The number of nitrogens with one attached hydrogen (secondary N) is 1. The number of rotatable bonds is 6. The molecule has 1 saturated heterocycles. The van der Waals surface area contributed by atoms with Crippen molar-refractivity contribution in [3.8, 4) is 5.75 Å². The predicted molar refractivity (Wildman–Crippen MR) is 107 cm³/mol. The molecule has 0 aromatic heterocycles. The lowest BCUT2D eigenvalue weighted by Crippen LogP contribution is -2.46. The first kappa shape index (κ1) is 18.4. The van der Waals surface area contributed by atoms with Gasteiger partial charge in [-0.3, -0.25) is 4.72 Å². The molecule has 1 fully saturated rings. The molecular formula is C19H25N3O3S. The van der Waals surface area contributed by atoms with Gasteiger partial charge in [-0.25, -0.2) is 8.42 Å². The van der Waals surface area contributed by atoms with Gasteiger partial charge < -0.3 is 14.5 Å². The number of piperazine rings is 1. The van der Waals surface area contributed by atoms with Gasteiger partial charge in [-0.2, -0.15) is 0 Å². The van der Waals surface area contributed by atoms with Crippen LogP contribution in [0.15, 0.2) is 48.5 Å². The summed E-state index contributed by atoms with van der Waals surface area (Å²) in [6, 6.07) is 15.6. The smallest absolute Gasteiger partial charge is 0.232 e. The number of benzene rings is 2. The lowest BCUT2D eigenvalue weighted by molar-refractivity contribution is 0.413. The van der Waals surface area contributed by atoms with Crippen molar-refractivity contribution in [3.63, 3.8) is 0 Å². The number of para-hydroxylation sites is 2. The lowest BCUT2D eigenvalue weighted by atomic mass is 10.2. The van der Waals surface area contributed by atoms with E-state index in [0.29, 0.717) is 5.69 Å². The molecule has 26 heavy (non-hydrogen) atoms. The first-order valence-electron chi connectivity index (χ1n) is 8.76. The number of anilines is 3. The number of sulfonamides is 1.